The summed E-state index contributed by atoms with van der Waals surface area (Å²) in [6, 6.07) is 8.29. The van der Waals surface area contributed by atoms with Gasteiger partial charge in [-0.2, -0.15) is 0 Å². The number of methoxy groups -OCH3 is 1. The SMILES string of the molecule is COc1ccc(O[C@@H](C)C(=O)Nc2ccc(F)cc2Cl)c(C=O)c1. The average molecular weight is 352 g/mol. The molecule has 2 rings (SSSR count). The van der Waals surface area contributed by atoms with Gasteiger partial charge in [-0.1, -0.05) is 11.6 Å². The van der Waals surface area contributed by atoms with Crippen LogP contribution in [0.4, 0.5) is 10.1 Å². The highest BCUT2D eigenvalue weighted by molar-refractivity contribution is 6.33. The van der Waals surface area contributed by atoms with Crippen LogP contribution in [0.2, 0.25) is 5.02 Å². The highest BCUT2D eigenvalue weighted by Gasteiger charge is 2.18. The van der Waals surface area contributed by atoms with Crippen molar-refractivity contribution in [2.45, 2.75) is 13.0 Å². The molecule has 1 amide bonds. The van der Waals surface area contributed by atoms with Crippen LogP contribution in [-0.2, 0) is 4.79 Å². The number of carbonyl (C=O) groups is 2. The van der Waals surface area contributed by atoms with E-state index in [2.05, 4.69) is 5.32 Å². The van der Waals surface area contributed by atoms with E-state index in [9.17, 15) is 14.0 Å². The smallest absolute Gasteiger partial charge is 0.265 e. The zero-order valence-corrected chi connectivity index (χ0v) is 13.8. The number of ether oxygens (including phenoxy) is 2. The molecule has 0 spiro atoms. The van der Waals surface area contributed by atoms with Crippen LogP contribution in [0.15, 0.2) is 36.4 Å². The van der Waals surface area contributed by atoms with Crippen molar-refractivity contribution in [2.75, 3.05) is 12.4 Å². The molecule has 1 N–H and O–H groups in total. The van der Waals surface area contributed by atoms with Gasteiger partial charge >= 0.3 is 0 Å². The molecule has 1 atom stereocenters. The number of rotatable bonds is 6. The first-order chi connectivity index (χ1) is 11.4. The Hall–Kier alpha value is -2.60. The van der Waals surface area contributed by atoms with Gasteiger partial charge in [-0.3, -0.25) is 9.59 Å². The summed E-state index contributed by atoms with van der Waals surface area (Å²) in [4.78, 5) is 23.3. The van der Waals surface area contributed by atoms with Crippen LogP contribution in [0.5, 0.6) is 11.5 Å². The van der Waals surface area contributed by atoms with Crippen molar-refractivity contribution in [1.82, 2.24) is 0 Å². The number of carbonyl (C=O) groups excluding carboxylic acids is 2. The third-order valence-electron chi connectivity index (χ3n) is 3.21. The Balaban J connectivity index is 2.10. The normalized spacial score (nSPS) is 11.5. The quantitative estimate of drug-likeness (QED) is 0.806. The van der Waals surface area contributed by atoms with Crippen molar-refractivity contribution in [1.29, 1.82) is 0 Å². The fourth-order valence-corrected chi connectivity index (χ4v) is 2.14. The maximum Gasteiger partial charge on any atom is 0.265 e. The summed E-state index contributed by atoms with van der Waals surface area (Å²) in [5, 5.41) is 2.62. The van der Waals surface area contributed by atoms with E-state index in [4.69, 9.17) is 21.1 Å². The molecule has 0 aliphatic heterocycles. The minimum absolute atomic E-state index is 0.0774. The summed E-state index contributed by atoms with van der Waals surface area (Å²) >= 11 is 5.86. The molecule has 0 aromatic heterocycles. The van der Waals surface area contributed by atoms with Crippen molar-refractivity contribution in [3.05, 3.63) is 52.8 Å². The van der Waals surface area contributed by atoms with E-state index in [0.29, 0.717) is 12.0 Å². The number of hydrogen-bond acceptors (Lipinski definition) is 4. The van der Waals surface area contributed by atoms with E-state index in [1.807, 2.05) is 0 Å². The molecule has 0 saturated heterocycles. The standard InChI is InChI=1S/C17H15ClFNO4/c1-10(17(22)20-15-5-3-12(19)8-14(15)18)24-16-6-4-13(23-2)7-11(16)9-21/h3-10H,1-2H3,(H,20,22)/t10-/m0/s1. The van der Waals surface area contributed by atoms with E-state index >= 15 is 0 Å². The lowest BCUT2D eigenvalue weighted by molar-refractivity contribution is -0.122. The van der Waals surface area contributed by atoms with E-state index < -0.39 is 17.8 Å². The molecule has 0 aliphatic carbocycles. The van der Waals surface area contributed by atoms with Gasteiger partial charge in [-0.25, -0.2) is 4.39 Å². The van der Waals surface area contributed by atoms with Gasteiger partial charge < -0.3 is 14.8 Å². The van der Waals surface area contributed by atoms with Crippen LogP contribution in [0.3, 0.4) is 0 Å². The predicted octanol–water partition coefficient (Wildman–Crippen LogP) is 3.71. The molecule has 2 aromatic rings. The zero-order valence-electron chi connectivity index (χ0n) is 13.0. The van der Waals surface area contributed by atoms with Gasteiger partial charge in [-0.15, -0.1) is 0 Å². The Morgan fingerprint density at radius 1 is 1.29 bits per heavy atom. The second-order valence-electron chi connectivity index (χ2n) is 4.90. The van der Waals surface area contributed by atoms with Gasteiger partial charge in [0.25, 0.3) is 5.91 Å². The van der Waals surface area contributed by atoms with E-state index in [1.54, 1.807) is 6.07 Å². The molecular formula is C17H15ClFNO4. The average Bonchev–Trinajstić information content (AvgIpc) is 2.57. The summed E-state index contributed by atoms with van der Waals surface area (Å²) in [6.45, 7) is 1.52. The third-order valence-corrected chi connectivity index (χ3v) is 3.52. The van der Waals surface area contributed by atoms with Crippen molar-refractivity contribution in [2.24, 2.45) is 0 Å². The summed E-state index contributed by atoms with van der Waals surface area (Å²) < 4.78 is 23.6. The summed E-state index contributed by atoms with van der Waals surface area (Å²) in [5.74, 6) is -0.245. The number of halogens is 2. The molecular weight excluding hydrogens is 337 g/mol. The first kappa shape index (κ1) is 17.7. The fourth-order valence-electron chi connectivity index (χ4n) is 1.92. The third kappa shape index (κ3) is 4.23. The lowest BCUT2D eigenvalue weighted by Crippen LogP contribution is -2.30. The van der Waals surface area contributed by atoms with Gasteiger partial charge in [-0.05, 0) is 43.3 Å². The highest BCUT2D eigenvalue weighted by atomic mass is 35.5. The van der Waals surface area contributed by atoms with E-state index in [1.165, 1.54) is 38.3 Å². The minimum Gasteiger partial charge on any atom is -0.497 e. The van der Waals surface area contributed by atoms with Crippen LogP contribution in [0.1, 0.15) is 17.3 Å². The molecule has 126 valence electrons. The number of benzene rings is 2. The van der Waals surface area contributed by atoms with E-state index in [0.717, 1.165) is 6.07 Å². The molecule has 0 fully saturated rings. The molecule has 0 heterocycles. The molecule has 0 unspecified atom stereocenters. The maximum atomic E-state index is 13.0. The topological polar surface area (TPSA) is 64.6 Å². The second kappa shape index (κ2) is 7.79. The number of nitrogens with one attached hydrogen (secondary N) is 1. The monoisotopic (exact) mass is 351 g/mol. The Morgan fingerprint density at radius 3 is 2.67 bits per heavy atom. The number of aldehydes is 1. The molecule has 2 aromatic carbocycles. The van der Waals surface area contributed by atoms with Gasteiger partial charge in [0.1, 0.15) is 17.3 Å². The number of hydrogen-bond donors (Lipinski definition) is 1. The minimum atomic E-state index is -0.904. The van der Waals surface area contributed by atoms with Gasteiger partial charge in [0, 0.05) is 0 Å². The largest absolute Gasteiger partial charge is 0.497 e. The summed E-state index contributed by atoms with van der Waals surface area (Å²) in [7, 11) is 1.48. The lowest BCUT2D eigenvalue weighted by atomic mass is 10.2. The second-order valence-corrected chi connectivity index (χ2v) is 5.30. The van der Waals surface area contributed by atoms with Crippen LogP contribution in [0.25, 0.3) is 0 Å². The number of amides is 1. The molecule has 7 heteroatoms. The van der Waals surface area contributed by atoms with Crippen molar-refractivity contribution in [3.63, 3.8) is 0 Å². The van der Waals surface area contributed by atoms with Crippen LogP contribution < -0.4 is 14.8 Å². The maximum absolute atomic E-state index is 13.0. The van der Waals surface area contributed by atoms with Crippen molar-refractivity contribution < 1.29 is 23.5 Å². The first-order valence-electron chi connectivity index (χ1n) is 7.00. The Bertz CT molecular complexity index is 766. The molecule has 5 nitrogen and oxygen atoms in total. The Kier molecular flexibility index (Phi) is 5.76. The molecule has 0 radical (unpaired) electrons. The predicted molar refractivity (Wildman–Crippen MR) is 88.5 cm³/mol. The van der Waals surface area contributed by atoms with Crippen LogP contribution >= 0.6 is 11.6 Å². The van der Waals surface area contributed by atoms with Gasteiger partial charge in [0.15, 0.2) is 12.4 Å². The first-order valence-corrected chi connectivity index (χ1v) is 7.38. The van der Waals surface area contributed by atoms with E-state index in [-0.39, 0.29) is 22.0 Å². The molecule has 0 bridgehead atoms. The Labute approximate surface area is 143 Å². The molecule has 0 aliphatic rings. The van der Waals surface area contributed by atoms with Crippen molar-refractivity contribution >= 4 is 29.5 Å². The Morgan fingerprint density at radius 2 is 2.04 bits per heavy atom. The van der Waals surface area contributed by atoms with Crippen molar-refractivity contribution in [3.8, 4) is 11.5 Å². The zero-order chi connectivity index (χ0) is 17.7. The molecule has 24 heavy (non-hydrogen) atoms. The van der Waals surface area contributed by atoms with Gasteiger partial charge in [0.2, 0.25) is 0 Å². The highest BCUT2D eigenvalue weighted by Crippen LogP contribution is 2.25. The van der Waals surface area contributed by atoms with Crippen LogP contribution in [0, 0.1) is 5.82 Å². The molecule has 0 saturated carbocycles. The lowest BCUT2D eigenvalue weighted by Gasteiger charge is -2.16. The van der Waals surface area contributed by atoms with Crippen LogP contribution in [-0.4, -0.2) is 25.4 Å². The van der Waals surface area contributed by atoms with Gasteiger partial charge in [0.05, 0.1) is 23.4 Å². The summed E-state index contributed by atoms with van der Waals surface area (Å²) in [6.07, 6.45) is -0.294. The fraction of sp³-hybridized carbons (Fsp3) is 0.176. The summed E-state index contributed by atoms with van der Waals surface area (Å²) in [5.41, 5.74) is 0.526. The number of anilines is 1.